The molecule has 1 aromatic carbocycles. The van der Waals surface area contributed by atoms with Crippen molar-refractivity contribution in [2.24, 2.45) is 5.41 Å². The number of hydrogen-bond donors (Lipinski definition) is 2. The van der Waals surface area contributed by atoms with Crippen LogP contribution in [0.25, 0.3) is 0 Å². The van der Waals surface area contributed by atoms with Gasteiger partial charge in [-0.25, -0.2) is 13.2 Å². The second kappa shape index (κ2) is 10.1. The molecule has 3 amide bonds. The molecule has 36 heavy (non-hydrogen) atoms. The average molecular weight is 521 g/mol. The van der Waals surface area contributed by atoms with Crippen molar-refractivity contribution in [3.8, 4) is 0 Å². The predicted molar refractivity (Wildman–Crippen MR) is 134 cm³/mol. The summed E-state index contributed by atoms with van der Waals surface area (Å²) in [5.74, 6) is -1.03. The number of piperidine rings is 1. The van der Waals surface area contributed by atoms with Crippen LogP contribution >= 0.6 is 0 Å². The van der Waals surface area contributed by atoms with Crippen LogP contribution in [0.1, 0.15) is 53.0 Å². The largest absolute Gasteiger partial charge is 0.444 e. The molecule has 1 saturated heterocycles. The lowest BCUT2D eigenvalue weighted by molar-refractivity contribution is -0.130. The highest BCUT2D eigenvalue weighted by molar-refractivity contribution is 7.89. The Morgan fingerprint density at radius 3 is 2.42 bits per heavy atom. The summed E-state index contributed by atoms with van der Waals surface area (Å²) >= 11 is 0. The maximum atomic E-state index is 13.2. The van der Waals surface area contributed by atoms with Crippen LogP contribution in [0, 0.1) is 12.3 Å². The minimum absolute atomic E-state index is 0.0357. The number of amides is 3. The van der Waals surface area contributed by atoms with E-state index >= 15 is 0 Å². The van der Waals surface area contributed by atoms with Crippen molar-refractivity contribution >= 4 is 27.9 Å². The van der Waals surface area contributed by atoms with Gasteiger partial charge in [0.1, 0.15) is 11.6 Å². The number of carbonyl (C=O) groups is 3. The molecule has 1 aromatic rings. The number of benzene rings is 1. The Morgan fingerprint density at radius 2 is 1.83 bits per heavy atom. The fourth-order valence-electron chi connectivity index (χ4n) is 4.31. The number of likely N-dealkylation sites (tertiary alicyclic amines) is 1. The Kier molecular flexibility index (Phi) is 7.73. The zero-order chi connectivity index (χ0) is 26.9. The maximum Gasteiger partial charge on any atom is 0.410 e. The Labute approximate surface area is 213 Å². The summed E-state index contributed by atoms with van der Waals surface area (Å²) in [6.07, 6.45) is 2.27. The van der Waals surface area contributed by atoms with Crippen LogP contribution in [0.5, 0.6) is 0 Å². The van der Waals surface area contributed by atoms with E-state index in [9.17, 15) is 22.8 Å². The van der Waals surface area contributed by atoms with Gasteiger partial charge in [-0.2, -0.15) is 0 Å². The van der Waals surface area contributed by atoms with Gasteiger partial charge >= 0.3 is 6.09 Å². The summed E-state index contributed by atoms with van der Waals surface area (Å²) in [6, 6.07) is 4.80. The third-order valence-electron chi connectivity index (χ3n) is 6.25. The Bertz CT molecular complexity index is 1140. The highest BCUT2D eigenvalue weighted by atomic mass is 32.2. The van der Waals surface area contributed by atoms with Crippen LogP contribution in [0.2, 0.25) is 0 Å². The zero-order valence-electron chi connectivity index (χ0n) is 21.7. The molecule has 0 radical (unpaired) electrons. The van der Waals surface area contributed by atoms with E-state index in [1.807, 2.05) is 41.5 Å². The molecule has 0 saturated carbocycles. The van der Waals surface area contributed by atoms with Crippen LogP contribution in [0.3, 0.4) is 0 Å². The first-order chi connectivity index (χ1) is 16.6. The van der Waals surface area contributed by atoms with Crippen LogP contribution in [-0.4, -0.2) is 66.3 Å². The molecule has 0 spiro atoms. The highest BCUT2D eigenvalue weighted by Gasteiger charge is 2.41. The van der Waals surface area contributed by atoms with Crippen molar-refractivity contribution in [1.29, 1.82) is 0 Å². The van der Waals surface area contributed by atoms with Gasteiger partial charge in [0.2, 0.25) is 11.8 Å². The van der Waals surface area contributed by atoms with E-state index in [0.717, 1.165) is 9.87 Å². The van der Waals surface area contributed by atoms with Gasteiger partial charge < -0.3 is 20.3 Å². The normalized spacial score (nSPS) is 22.1. The fourth-order valence-corrected chi connectivity index (χ4v) is 5.76. The van der Waals surface area contributed by atoms with E-state index in [0.29, 0.717) is 19.5 Å². The molecule has 0 unspecified atom stereocenters. The number of sulfonamides is 1. The molecule has 0 aromatic heterocycles. The quantitative estimate of drug-likeness (QED) is 0.615. The summed E-state index contributed by atoms with van der Waals surface area (Å²) in [5, 5.41) is 5.45. The fraction of sp³-hybridized carbons (Fsp3) is 0.560. The molecule has 198 valence electrons. The van der Waals surface area contributed by atoms with Gasteiger partial charge in [-0.3, -0.25) is 13.9 Å². The highest BCUT2D eigenvalue weighted by Crippen LogP contribution is 2.31. The molecule has 2 N–H and O–H groups in total. The minimum Gasteiger partial charge on any atom is -0.444 e. The number of ether oxygens (including phenoxy) is 1. The smallest absolute Gasteiger partial charge is 0.410 e. The lowest BCUT2D eigenvalue weighted by Gasteiger charge is -2.44. The van der Waals surface area contributed by atoms with Crippen molar-refractivity contribution in [3.05, 3.63) is 42.2 Å². The lowest BCUT2D eigenvalue weighted by Crippen LogP contribution is -2.58. The number of rotatable bonds is 5. The van der Waals surface area contributed by atoms with E-state index in [1.165, 1.54) is 24.5 Å². The second-order valence-corrected chi connectivity index (χ2v) is 12.8. The molecule has 3 rings (SSSR count). The van der Waals surface area contributed by atoms with E-state index in [-0.39, 0.29) is 17.4 Å². The van der Waals surface area contributed by atoms with E-state index in [4.69, 9.17) is 4.74 Å². The molecule has 10 nitrogen and oxygen atoms in total. The Balaban J connectivity index is 1.69. The first-order valence-corrected chi connectivity index (χ1v) is 13.4. The van der Waals surface area contributed by atoms with Crippen LogP contribution in [0.4, 0.5) is 4.79 Å². The monoisotopic (exact) mass is 520 g/mol. The number of carbonyl (C=O) groups excluding carboxylic acids is 3. The van der Waals surface area contributed by atoms with Crippen LogP contribution in [-0.2, 0) is 24.3 Å². The number of hydrogen-bond acceptors (Lipinski definition) is 6. The summed E-state index contributed by atoms with van der Waals surface area (Å²) in [7, 11) is -4.05. The minimum atomic E-state index is -4.05. The lowest BCUT2D eigenvalue weighted by atomic mass is 9.79. The maximum absolute atomic E-state index is 13.2. The average Bonchev–Trinajstić information content (AvgIpc) is 2.75. The van der Waals surface area contributed by atoms with Gasteiger partial charge in [-0.15, -0.1) is 0 Å². The topological polar surface area (TPSA) is 125 Å². The first-order valence-electron chi connectivity index (χ1n) is 11.9. The molecular weight excluding hydrogens is 484 g/mol. The predicted octanol–water partition coefficient (Wildman–Crippen LogP) is 2.50. The Hall–Kier alpha value is -3.08. The second-order valence-electron chi connectivity index (χ2n) is 11.0. The molecule has 1 fully saturated rings. The van der Waals surface area contributed by atoms with E-state index in [1.54, 1.807) is 17.0 Å². The van der Waals surface area contributed by atoms with Gasteiger partial charge in [0.05, 0.1) is 11.3 Å². The van der Waals surface area contributed by atoms with Crippen LogP contribution < -0.4 is 10.6 Å². The summed E-state index contributed by atoms with van der Waals surface area (Å²) in [4.78, 5) is 39.8. The molecule has 2 atom stereocenters. The summed E-state index contributed by atoms with van der Waals surface area (Å²) < 4.78 is 32.9. The van der Waals surface area contributed by atoms with Crippen molar-refractivity contribution in [1.82, 2.24) is 19.8 Å². The van der Waals surface area contributed by atoms with E-state index < -0.39 is 45.0 Å². The molecule has 2 aliphatic heterocycles. The van der Waals surface area contributed by atoms with Crippen molar-refractivity contribution in [2.75, 3.05) is 13.1 Å². The van der Waals surface area contributed by atoms with E-state index in [2.05, 4.69) is 10.6 Å². The van der Waals surface area contributed by atoms with Gasteiger partial charge in [0.15, 0.2) is 0 Å². The number of nitrogens with one attached hydrogen (secondary N) is 2. The van der Waals surface area contributed by atoms with Gasteiger partial charge in [-0.1, -0.05) is 31.5 Å². The SMILES string of the molecule is Cc1ccc(S(=O)(=O)N2C=CNC(=O)[C@H]2CC(=O)N[C@@H]2CCN(C(=O)OC(C)(C)C)CC2(C)C)cc1. The standard InChI is InChI=1S/C25H36N4O6S/c1-17-7-9-18(10-8-17)36(33,34)29-14-12-26-22(31)19(29)15-21(30)27-20-11-13-28(16-25(20,5)6)23(32)35-24(2,3)4/h7-10,12,14,19-20H,11,13,15-16H2,1-6H3,(H,26,31)(H,27,30)/t19-,20-/m1/s1. The summed E-state index contributed by atoms with van der Waals surface area (Å²) in [5.41, 5.74) is -0.170. The molecule has 2 aliphatic rings. The molecular formula is C25H36N4O6S. The molecule has 2 heterocycles. The number of nitrogens with zero attached hydrogens (tertiary/aromatic N) is 2. The van der Waals surface area contributed by atoms with Crippen molar-refractivity contribution < 1.29 is 27.5 Å². The zero-order valence-corrected chi connectivity index (χ0v) is 22.5. The number of aryl methyl sites for hydroxylation is 1. The van der Waals surface area contributed by atoms with Crippen molar-refractivity contribution in [2.45, 2.75) is 77.0 Å². The van der Waals surface area contributed by atoms with Gasteiger partial charge in [0.25, 0.3) is 10.0 Å². The third kappa shape index (κ3) is 6.37. The molecule has 11 heteroatoms. The van der Waals surface area contributed by atoms with Crippen LogP contribution in [0.15, 0.2) is 41.6 Å². The first kappa shape index (κ1) is 27.5. The molecule has 0 aliphatic carbocycles. The third-order valence-corrected chi connectivity index (χ3v) is 8.05. The molecule has 0 bridgehead atoms. The summed E-state index contributed by atoms with van der Waals surface area (Å²) in [6.45, 7) is 11.9. The van der Waals surface area contributed by atoms with Gasteiger partial charge in [-0.05, 0) is 46.2 Å². The Morgan fingerprint density at radius 1 is 1.19 bits per heavy atom. The van der Waals surface area contributed by atoms with Crippen molar-refractivity contribution in [3.63, 3.8) is 0 Å². The van der Waals surface area contributed by atoms with Gasteiger partial charge in [0, 0.05) is 36.9 Å².